The van der Waals surface area contributed by atoms with Gasteiger partial charge in [-0.05, 0) is 17.2 Å². The first-order valence-corrected chi connectivity index (χ1v) is 9.30. The van der Waals surface area contributed by atoms with E-state index in [0.717, 1.165) is 24.2 Å². The molecule has 3 aromatic rings. The Bertz CT molecular complexity index is 1010. The number of nitrogens with one attached hydrogen (secondary N) is 1. The molecule has 1 aliphatic heterocycles. The van der Waals surface area contributed by atoms with Gasteiger partial charge in [-0.25, -0.2) is 14.6 Å². The molecule has 0 amide bonds. The highest BCUT2D eigenvalue weighted by Gasteiger charge is 2.31. The predicted octanol–water partition coefficient (Wildman–Crippen LogP) is 2.77. The Labute approximate surface area is 169 Å². The highest BCUT2D eigenvalue weighted by atomic mass is 19.4. The number of carbonyl (C=O) groups is 1. The van der Waals surface area contributed by atoms with Crippen molar-refractivity contribution in [3.63, 3.8) is 0 Å². The quantitative estimate of drug-likeness (QED) is 0.643. The van der Waals surface area contributed by atoms with E-state index in [4.69, 9.17) is 4.74 Å². The second-order valence-corrected chi connectivity index (χ2v) is 6.82. The molecular weight excluding hydrogens is 399 g/mol. The molecule has 30 heavy (non-hydrogen) atoms. The van der Waals surface area contributed by atoms with Gasteiger partial charge in [-0.1, -0.05) is 24.3 Å². The van der Waals surface area contributed by atoms with Crippen LogP contribution in [0.5, 0.6) is 0 Å². The fourth-order valence-corrected chi connectivity index (χ4v) is 3.08. The maximum atomic E-state index is 12.6. The average molecular weight is 417 g/mol. The molecule has 0 radical (unpaired) electrons. The zero-order chi connectivity index (χ0) is 21.1. The minimum Gasteiger partial charge on any atom is -0.371 e. The summed E-state index contributed by atoms with van der Waals surface area (Å²) in [5.74, 6) is -0.267. The number of nitrogens with zero attached hydrogens (tertiary/aromatic N) is 4. The molecule has 0 unspecified atom stereocenters. The number of ketones is 1. The third kappa shape index (κ3) is 4.55. The fourth-order valence-electron chi connectivity index (χ4n) is 3.08. The summed E-state index contributed by atoms with van der Waals surface area (Å²) in [6, 6.07) is 9.12. The van der Waals surface area contributed by atoms with Crippen molar-refractivity contribution in [1.82, 2.24) is 25.1 Å². The van der Waals surface area contributed by atoms with Crippen LogP contribution in [0.1, 0.15) is 33.3 Å². The monoisotopic (exact) mass is 417 g/mol. The Balaban J connectivity index is 1.41. The van der Waals surface area contributed by atoms with E-state index in [9.17, 15) is 18.0 Å². The summed E-state index contributed by atoms with van der Waals surface area (Å²) in [4.78, 5) is 19.9. The number of carbonyl (C=O) groups excluding carboxylic acids is 1. The van der Waals surface area contributed by atoms with Crippen molar-refractivity contribution in [3.8, 4) is 5.95 Å². The molecule has 0 saturated carbocycles. The van der Waals surface area contributed by atoms with Gasteiger partial charge < -0.3 is 10.1 Å². The zero-order valence-corrected chi connectivity index (χ0v) is 15.8. The van der Waals surface area contributed by atoms with Crippen molar-refractivity contribution >= 4 is 5.78 Å². The lowest BCUT2D eigenvalue weighted by Gasteiger charge is -2.24. The molecule has 2 aromatic heterocycles. The van der Waals surface area contributed by atoms with Gasteiger partial charge in [-0.15, -0.1) is 0 Å². The first-order chi connectivity index (χ1) is 14.4. The topological polar surface area (TPSA) is 81.9 Å². The first-order valence-electron chi connectivity index (χ1n) is 9.30. The minimum atomic E-state index is -4.51. The van der Waals surface area contributed by atoms with Crippen molar-refractivity contribution in [2.24, 2.45) is 0 Å². The lowest BCUT2D eigenvalue weighted by molar-refractivity contribution is -0.138. The van der Waals surface area contributed by atoms with Crippen LogP contribution in [0.2, 0.25) is 0 Å². The molecular formula is C20H18F3N5O2. The smallest absolute Gasteiger partial charge is 0.371 e. The van der Waals surface area contributed by atoms with Crippen LogP contribution >= 0.6 is 0 Å². The third-order valence-corrected chi connectivity index (χ3v) is 4.69. The lowest BCUT2D eigenvalue weighted by atomic mass is 10.0. The van der Waals surface area contributed by atoms with Gasteiger partial charge in [-0.3, -0.25) is 4.79 Å². The summed E-state index contributed by atoms with van der Waals surface area (Å²) in [6.07, 6.45) is -1.57. The van der Waals surface area contributed by atoms with E-state index in [1.807, 2.05) is 24.3 Å². The zero-order valence-electron chi connectivity index (χ0n) is 15.8. The minimum absolute atomic E-state index is 0.00272. The van der Waals surface area contributed by atoms with E-state index in [1.54, 1.807) is 0 Å². The summed E-state index contributed by atoms with van der Waals surface area (Å²) >= 11 is 0. The molecule has 0 aliphatic carbocycles. The van der Waals surface area contributed by atoms with Crippen LogP contribution in [-0.4, -0.2) is 45.2 Å². The number of alkyl halides is 3. The molecule has 10 heteroatoms. The molecule has 4 rings (SSSR count). The van der Waals surface area contributed by atoms with E-state index in [2.05, 4.69) is 20.4 Å². The Kier molecular flexibility index (Phi) is 5.60. The van der Waals surface area contributed by atoms with E-state index in [0.29, 0.717) is 19.0 Å². The SMILES string of the molecule is O=C(Cc1ccc([C@H]2CNCCO2)cc1)c1ccn(-c2ncc(C(F)(F)F)cn2)n1. The van der Waals surface area contributed by atoms with Crippen molar-refractivity contribution in [3.05, 3.63) is 71.3 Å². The van der Waals surface area contributed by atoms with Crippen molar-refractivity contribution in [1.29, 1.82) is 0 Å². The molecule has 1 aromatic carbocycles. The van der Waals surface area contributed by atoms with Crippen LogP contribution in [0.4, 0.5) is 13.2 Å². The van der Waals surface area contributed by atoms with Gasteiger partial charge >= 0.3 is 6.18 Å². The molecule has 1 aliphatic rings. The van der Waals surface area contributed by atoms with Gasteiger partial charge in [0.1, 0.15) is 5.69 Å². The van der Waals surface area contributed by atoms with Crippen molar-refractivity contribution in [2.75, 3.05) is 19.7 Å². The van der Waals surface area contributed by atoms with Crippen LogP contribution in [0.15, 0.2) is 48.9 Å². The number of rotatable bonds is 5. The third-order valence-electron chi connectivity index (χ3n) is 4.69. The van der Waals surface area contributed by atoms with Crippen molar-refractivity contribution < 1.29 is 22.7 Å². The van der Waals surface area contributed by atoms with E-state index in [-0.39, 0.29) is 30.0 Å². The van der Waals surface area contributed by atoms with Gasteiger partial charge in [0.2, 0.25) is 5.95 Å². The lowest BCUT2D eigenvalue weighted by Crippen LogP contribution is -2.33. The predicted molar refractivity (Wildman–Crippen MR) is 100 cm³/mol. The molecule has 1 fully saturated rings. The molecule has 1 saturated heterocycles. The Morgan fingerprint density at radius 2 is 1.90 bits per heavy atom. The molecule has 7 nitrogen and oxygen atoms in total. The average Bonchev–Trinajstić information content (AvgIpc) is 3.25. The summed E-state index contributed by atoms with van der Waals surface area (Å²) in [5.41, 5.74) is 1.10. The number of benzene rings is 1. The van der Waals surface area contributed by atoms with Gasteiger partial charge in [0.05, 0.1) is 18.3 Å². The Morgan fingerprint density at radius 3 is 2.53 bits per heavy atom. The molecule has 1 N–H and O–H groups in total. The normalized spacial score (nSPS) is 17.1. The van der Waals surface area contributed by atoms with Crippen LogP contribution < -0.4 is 5.32 Å². The van der Waals surface area contributed by atoms with Gasteiger partial charge in [0.15, 0.2) is 5.78 Å². The van der Waals surface area contributed by atoms with Gasteiger partial charge in [0.25, 0.3) is 0 Å². The number of ether oxygens (including phenoxy) is 1. The fraction of sp³-hybridized carbons (Fsp3) is 0.300. The second kappa shape index (κ2) is 8.33. The Hall–Kier alpha value is -3.11. The maximum absolute atomic E-state index is 12.6. The van der Waals surface area contributed by atoms with Crippen molar-refractivity contribution in [2.45, 2.75) is 18.7 Å². The molecule has 1 atom stereocenters. The van der Waals surface area contributed by atoms with Crippen LogP contribution in [-0.2, 0) is 17.3 Å². The number of hydrogen-bond acceptors (Lipinski definition) is 6. The number of halogens is 3. The molecule has 3 heterocycles. The van der Waals surface area contributed by atoms with Crippen LogP contribution in [0.25, 0.3) is 5.95 Å². The maximum Gasteiger partial charge on any atom is 0.419 e. The van der Waals surface area contributed by atoms with Gasteiger partial charge in [-0.2, -0.15) is 18.3 Å². The second-order valence-electron chi connectivity index (χ2n) is 6.82. The number of aromatic nitrogens is 4. The van der Waals surface area contributed by atoms with E-state index in [1.165, 1.54) is 16.9 Å². The summed E-state index contributed by atoms with van der Waals surface area (Å²) < 4.78 is 44.7. The highest BCUT2D eigenvalue weighted by molar-refractivity contribution is 5.95. The first kappa shape index (κ1) is 20.2. The van der Waals surface area contributed by atoms with Gasteiger partial charge in [0, 0.05) is 38.1 Å². The summed E-state index contributed by atoms with van der Waals surface area (Å²) in [5, 5.41) is 7.36. The summed E-state index contributed by atoms with van der Waals surface area (Å²) in [6.45, 7) is 2.26. The van der Waals surface area contributed by atoms with E-state index < -0.39 is 11.7 Å². The molecule has 0 bridgehead atoms. The number of morpholine rings is 1. The van der Waals surface area contributed by atoms with Crippen LogP contribution in [0, 0.1) is 0 Å². The molecule has 0 spiro atoms. The molecule has 156 valence electrons. The summed E-state index contributed by atoms with van der Waals surface area (Å²) in [7, 11) is 0. The largest absolute Gasteiger partial charge is 0.419 e. The number of Topliss-reactive ketones (excluding diaryl/α,β-unsaturated/α-hetero) is 1. The highest BCUT2D eigenvalue weighted by Crippen LogP contribution is 2.28. The van der Waals surface area contributed by atoms with Crippen LogP contribution in [0.3, 0.4) is 0 Å². The Morgan fingerprint density at radius 1 is 1.17 bits per heavy atom. The number of hydrogen-bond donors (Lipinski definition) is 1. The standard InChI is InChI=1S/C20H18F3N5O2/c21-20(22,23)15-10-25-19(26-11-15)28-7-5-16(27-28)17(29)9-13-1-3-14(4-2-13)18-12-24-6-8-30-18/h1-5,7,10-11,18,24H,6,8-9,12H2/t18-/m1/s1. The van der Waals surface area contributed by atoms with E-state index >= 15 is 0 Å².